The zero-order valence-electron chi connectivity index (χ0n) is 22.0. The third-order valence-corrected chi connectivity index (χ3v) is 12.0. The molecule has 1 aromatic heterocycles. The number of benzene rings is 1. The Morgan fingerprint density at radius 2 is 1.76 bits per heavy atom. The van der Waals surface area contributed by atoms with Gasteiger partial charge in [0.1, 0.15) is 0 Å². The van der Waals surface area contributed by atoms with Crippen LogP contribution in [0.25, 0.3) is 10.9 Å². The summed E-state index contributed by atoms with van der Waals surface area (Å²) in [7, 11) is -1.07. The molecule has 1 aliphatic heterocycles. The summed E-state index contributed by atoms with van der Waals surface area (Å²) in [5.74, 6) is -0.428. The lowest BCUT2D eigenvalue weighted by Gasteiger charge is -2.37. The van der Waals surface area contributed by atoms with Crippen molar-refractivity contribution in [2.24, 2.45) is 0 Å². The Bertz CT molecular complexity index is 1030. The number of hydrogen-bond donors (Lipinski definition) is 0. The highest BCUT2D eigenvalue weighted by Crippen LogP contribution is 2.38. The quantitative estimate of drug-likeness (QED) is 0.446. The van der Waals surface area contributed by atoms with Crippen molar-refractivity contribution in [1.82, 2.24) is 9.78 Å². The van der Waals surface area contributed by atoms with Gasteiger partial charge in [-0.3, -0.25) is 4.68 Å². The maximum absolute atomic E-state index is 12.8. The number of fused-ring (bicyclic) bond motifs is 1. The van der Waals surface area contributed by atoms with E-state index in [1.807, 2.05) is 52.8 Å². The van der Waals surface area contributed by atoms with Crippen molar-refractivity contribution in [3.05, 3.63) is 23.9 Å². The second-order valence-corrected chi connectivity index (χ2v) is 16.4. The maximum Gasteiger partial charge on any atom is 0.494 e. The van der Waals surface area contributed by atoms with Crippen LogP contribution in [0.5, 0.6) is 0 Å². The molecule has 33 heavy (non-hydrogen) atoms. The van der Waals surface area contributed by atoms with Crippen molar-refractivity contribution < 1.29 is 23.3 Å². The second-order valence-electron chi connectivity index (χ2n) is 11.6. The molecule has 7 nitrogen and oxygen atoms in total. The first kappa shape index (κ1) is 25.9. The van der Waals surface area contributed by atoms with Gasteiger partial charge in [-0.2, -0.15) is 5.10 Å². The number of methoxy groups -OCH3 is 1. The molecule has 182 valence electrons. The van der Waals surface area contributed by atoms with E-state index >= 15 is 0 Å². The molecule has 1 atom stereocenters. The fourth-order valence-corrected chi connectivity index (χ4v) is 4.57. The number of esters is 1. The van der Waals surface area contributed by atoms with Gasteiger partial charge in [0.15, 0.2) is 14.0 Å². The molecule has 9 heteroatoms. The number of nitrogens with zero attached hydrogens (tertiary/aromatic N) is 2. The fraction of sp³-hybridized carbons (Fsp3) is 0.667. The Morgan fingerprint density at radius 3 is 2.27 bits per heavy atom. The third kappa shape index (κ3) is 4.78. The van der Waals surface area contributed by atoms with E-state index in [2.05, 4.69) is 33.9 Å². The highest BCUT2D eigenvalue weighted by atomic mass is 28.4. The fourth-order valence-electron chi connectivity index (χ4n) is 3.48. The van der Waals surface area contributed by atoms with Crippen LogP contribution in [0, 0.1) is 0 Å². The molecule has 0 bridgehead atoms. The van der Waals surface area contributed by atoms with E-state index in [4.69, 9.17) is 23.6 Å². The summed E-state index contributed by atoms with van der Waals surface area (Å²) < 4.78 is 25.7. The van der Waals surface area contributed by atoms with E-state index < -0.39 is 32.6 Å². The van der Waals surface area contributed by atoms with Gasteiger partial charge in [0.05, 0.1) is 36.5 Å². The van der Waals surface area contributed by atoms with E-state index in [1.54, 1.807) is 4.68 Å². The van der Waals surface area contributed by atoms with Crippen LogP contribution >= 0.6 is 0 Å². The molecule has 1 fully saturated rings. The molecule has 0 N–H and O–H groups in total. The number of ether oxygens (including phenoxy) is 1. The van der Waals surface area contributed by atoms with E-state index in [9.17, 15) is 4.79 Å². The van der Waals surface area contributed by atoms with E-state index in [0.29, 0.717) is 17.7 Å². The van der Waals surface area contributed by atoms with E-state index in [-0.39, 0.29) is 11.1 Å². The molecule has 0 radical (unpaired) electrons. The van der Waals surface area contributed by atoms with Gasteiger partial charge in [-0.15, -0.1) is 0 Å². The normalized spacial score (nSPS) is 19.2. The molecule has 0 saturated carbocycles. The monoisotopic (exact) mass is 474 g/mol. The standard InChI is InChI=1S/C24H39BN2O5Si/c1-16(15-30-33(10,11)22(2,3)4)27-20(21(28)29-9)18-14-17(12-13-19(18)26-27)25-31-23(5,6)24(7,8)32-25/h12-14,16H,15H2,1-11H3/t16-/m0/s1. The third-order valence-electron chi connectivity index (χ3n) is 7.53. The minimum Gasteiger partial charge on any atom is -0.464 e. The topological polar surface area (TPSA) is 71.8 Å². The zero-order valence-corrected chi connectivity index (χ0v) is 23.0. The lowest BCUT2D eigenvalue weighted by molar-refractivity contribution is 0.00578. The molecule has 0 spiro atoms. The Morgan fingerprint density at radius 1 is 1.18 bits per heavy atom. The van der Waals surface area contributed by atoms with Gasteiger partial charge in [-0.1, -0.05) is 32.9 Å². The van der Waals surface area contributed by atoms with Gasteiger partial charge in [-0.25, -0.2) is 4.79 Å². The van der Waals surface area contributed by atoms with E-state index in [0.717, 1.165) is 11.0 Å². The predicted molar refractivity (Wildman–Crippen MR) is 135 cm³/mol. The summed E-state index contributed by atoms with van der Waals surface area (Å²) in [5, 5.41) is 5.56. The number of carbonyl (C=O) groups is 1. The minimum absolute atomic E-state index is 0.102. The lowest BCUT2D eigenvalue weighted by Crippen LogP contribution is -2.42. The number of rotatable bonds is 6. The van der Waals surface area contributed by atoms with Crippen LogP contribution in [0.2, 0.25) is 18.1 Å². The van der Waals surface area contributed by atoms with Gasteiger partial charge in [-0.05, 0) is 64.3 Å². The number of hydrogen-bond acceptors (Lipinski definition) is 6. The summed E-state index contributed by atoms with van der Waals surface area (Å²) in [5.41, 5.74) is 1.08. The zero-order chi connectivity index (χ0) is 25.0. The Kier molecular flexibility index (Phi) is 6.69. The molecule has 1 saturated heterocycles. The van der Waals surface area contributed by atoms with Crippen LogP contribution in [-0.2, 0) is 18.5 Å². The van der Waals surface area contributed by atoms with Gasteiger partial charge in [0.25, 0.3) is 0 Å². The highest BCUT2D eigenvalue weighted by molar-refractivity contribution is 6.74. The predicted octanol–water partition coefficient (Wildman–Crippen LogP) is 4.70. The molecule has 0 amide bonds. The van der Waals surface area contributed by atoms with Crippen molar-refractivity contribution in [1.29, 1.82) is 0 Å². The van der Waals surface area contributed by atoms with Crippen LogP contribution in [0.4, 0.5) is 0 Å². The first-order valence-corrected chi connectivity index (χ1v) is 14.5. The lowest BCUT2D eigenvalue weighted by atomic mass is 9.78. The number of carbonyl (C=O) groups excluding carboxylic acids is 1. The van der Waals surface area contributed by atoms with Crippen molar-refractivity contribution in [3.63, 3.8) is 0 Å². The summed E-state index contributed by atoms with van der Waals surface area (Å²) in [4.78, 5) is 12.8. The Labute approximate surface area is 199 Å². The molecule has 1 aliphatic rings. The van der Waals surface area contributed by atoms with Crippen molar-refractivity contribution in [3.8, 4) is 0 Å². The maximum atomic E-state index is 12.8. The molecule has 1 aromatic carbocycles. The molecule has 3 rings (SSSR count). The van der Waals surface area contributed by atoms with Crippen LogP contribution in [0.3, 0.4) is 0 Å². The van der Waals surface area contributed by atoms with Crippen LogP contribution in [0.1, 0.15) is 71.9 Å². The second kappa shape index (κ2) is 8.52. The van der Waals surface area contributed by atoms with Gasteiger partial charge < -0.3 is 18.5 Å². The molecule has 2 heterocycles. The van der Waals surface area contributed by atoms with Gasteiger partial charge in [0, 0.05) is 5.39 Å². The average molecular weight is 474 g/mol. The van der Waals surface area contributed by atoms with Crippen molar-refractivity contribution in [2.75, 3.05) is 13.7 Å². The Hall–Kier alpha value is -1.68. The van der Waals surface area contributed by atoms with Crippen molar-refractivity contribution in [2.45, 2.75) is 90.8 Å². The average Bonchev–Trinajstić information content (AvgIpc) is 3.18. The summed E-state index contributed by atoms with van der Waals surface area (Å²) >= 11 is 0. The largest absolute Gasteiger partial charge is 0.494 e. The Balaban J connectivity index is 1.98. The number of aromatic nitrogens is 2. The van der Waals surface area contributed by atoms with Gasteiger partial charge >= 0.3 is 13.1 Å². The van der Waals surface area contributed by atoms with Crippen LogP contribution in [-0.4, -0.2) is 56.1 Å². The van der Waals surface area contributed by atoms with Crippen LogP contribution in [0.15, 0.2) is 18.2 Å². The van der Waals surface area contributed by atoms with E-state index in [1.165, 1.54) is 7.11 Å². The summed E-state index contributed by atoms with van der Waals surface area (Å²) in [6, 6.07) is 5.63. The minimum atomic E-state index is -1.94. The molecule has 0 unspecified atom stereocenters. The first-order valence-electron chi connectivity index (χ1n) is 11.6. The van der Waals surface area contributed by atoms with Gasteiger partial charge in [0.2, 0.25) is 0 Å². The molecular formula is C24H39BN2O5Si. The van der Waals surface area contributed by atoms with Crippen LogP contribution < -0.4 is 5.46 Å². The van der Waals surface area contributed by atoms with Crippen molar-refractivity contribution >= 4 is 37.8 Å². The SMILES string of the molecule is COC(=O)c1c2cc(B3OC(C)(C)C(C)(C)O3)ccc2nn1[C@@H](C)CO[Si](C)(C)C(C)(C)C. The molecule has 0 aliphatic carbocycles. The summed E-state index contributed by atoms with van der Waals surface area (Å²) in [6.07, 6.45) is 0. The first-order chi connectivity index (χ1) is 15.0. The highest BCUT2D eigenvalue weighted by Gasteiger charge is 2.51. The molecular weight excluding hydrogens is 435 g/mol. The summed E-state index contributed by atoms with van der Waals surface area (Å²) in [6.45, 7) is 21.6. The smallest absolute Gasteiger partial charge is 0.464 e. The molecule has 2 aromatic rings.